The van der Waals surface area contributed by atoms with Crippen LogP contribution in [-0.2, 0) is 14.6 Å². The Morgan fingerprint density at radius 2 is 1.77 bits per heavy atom. The topological polar surface area (TPSA) is 91.9 Å². The Morgan fingerprint density at radius 1 is 1.04 bits per heavy atom. The first-order chi connectivity index (χ1) is 12.6. The van der Waals surface area contributed by atoms with Crippen molar-refractivity contribution >= 4 is 32.5 Å². The SMILES string of the molecule is O=C(Nc1n[nH]c2cc(S(=O)(=O)c3ccccc3)ccc12)C1CCCC1. The van der Waals surface area contributed by atoms with Crippen LogP contribution in [0.1, 0.15) is 25.7 Å². The minimum Gasteiger partial charge on any atom is -0.308 e. The third-order valence-electron chi connectivity index (χ3n) is 4.87. The number of sulfone groups is 1. The van der Waals surface area contributed by atoms with Crippen LogP contribution in [0.15, 0.2) is 58.3 Å². The van der Waals surface area contributed by atoms with E-state index in [9.17, 15) is 13.2 Å². The molecule has 1 aliphatic carbocycles. The second-order valence-corrected chi connectivity index (χ2v) is 8.52. The smallest absolute Gasteiger partial charge is 0.228 e. The third-order valence-corrected chi connectivity index (χ3v) is 6.63. The molecule has 0 saturated heterocycles. The number of carbonyl (C=O) groups is 1. The lowest BCUT2D eigenvalue weighted by atomic mass is 10.1. The van der Waals surface area contributed by atoms with Crippen molar-refractivity contribution in [2.45, 2.75) is 35.5 Å². The van der Waals surface area contributed by atoms with E-state index in [1.807, 2.05) is 0 Å². The average molecular weight is 369 g/mol. The normalized spacial score (nSPS) is 15.4. The van der Waals surface area contributed by atoms with Gasteiger partial charge in [0.05, 0.1) is 15.3 Å². The standard InChI is InChI=1S/C19H19N3O3S/c23-19(13-6-4-5-7-13)20-18-16-11-10-15(12-17(16)21-22-18)26(24,25)14-8-2-1-3-9-14/h1-3,8-13H,4-7H2,(H2,20,21,22,23). The molecule has 2 N–H and O–H groups in total. The maximum Gasteiger partial charge on any atom is 0.228 e. The van der Waals surface area contributed by atoms with E-state index in [2.05, 4.69) is 15.5 Å². The van der Waals surface area contributed by atoms with Crippen molar-refractivity contribution in [3.8, 4) is 0 Å². The van der Waals surface area contributed by atoms with Gasteiger partial charge in [-0.25, -0.2) is 8.42 Å². The highest BCUT2D eigenvalue weighted by atomic mass is 32.2. The molecule has 6 nitrogen and oxygen atoms in total. The fourth-order valence-electron chi connectivity index (χ4n) is 3.40. The van der Waals surface area contributed by atoms with E-state index in [-0.39, 0.29) is 21.6 Å². The van der Waals surface area contributed by atoms with Gasteiger partial charge in [0, 0.05) is 11.3 Å². The monoisotopic (exact) mass is 369 g/mol. The second-order valence-electron chi connectivity index (χ2n) is 6.57. The van der Waals surface area contributed by atoms with Crippen LogP contribution < -0.4 is 5.32 Å². The van der Waals surface area contributed by atoms with Crippen LogP contribution in [0.25, 0.3) is 10.9 Å². The molecule has 1 heterocycles. The first kappa shape index (κ1) is 16.8. The lowest BCUT2D eigenvalue weighted by Crippen LogP contribution is -2.20. The molecule has 1 aromatic heterocycles. The van der Waals surface area contributed by atoms with E-state index in [1.54, 1.807) is 48.5 Å². The first-order valence-corrected chi connectivity index (χ1v) is 10.1. The van der Waals surface area contributed by atoms with Gasteiger partial charge in [0.15, 0.2) is 5.82 Å². The van der Waals surface area contributed by atoms with Gasteiger partial charge in [-0.15, -0.1) is 0 Å². The van der Waals surface area contributed by atoms with E-state index in [0.29, 0.717) is 16.7 Å². The Balaban J connectivity index is 1.64. The summed E-state index contributed by atoms with van der Waals surface area (Å²) in [5, 5.41) is 10.5. The highest BCUT2D eigenvalue weighted by Gasteiger charge is 2.24. The predicted molar refractivity (Wildman–Crippen MR) is 98.6 cm³/mol. The van der Waals surface area contributed by atoms with Gasteiger partial charge >= 0.3 is 0 Å². The number of carbonyl (C=O) groups excluding carboxylic acids is 1. The Labute approximate surface area is 151 Å². The molecule has 0 spiro atoms. The van der Waals surface area contributed by atoms with Gasteiger partial charge in [0.1, 0.15) is 0 Å². The number of benzene rings is 2. The molecule has 1 aliphatic rings. The van der Waals surface area contributed by atoms with E-state index in [4.69, 9.17) is 0 Å². The van der Waals surface area contributed by atoms with E-state index < -0.39 is 9.84 Å². The number of anilines is 1. The number of hydrogen-bond acceptors (Lipinski definition) is 4. The number of nitrogens with one attached hydrogen (secondary N) is 2. The molecule has 0 aliphatic heterocycles. The number of aromatic nitrogens is 2. The Morgan fingerprint density at radius 3 is 2.50 bits per heavy atom. The quantitative estimate of drug-likeness (QED) is 0.736. The summed E-state index contributed by atoms with van der Waals surface area (Å²) >= 11 is 0. The highest BCUT2D eigenvalue weighted by molar-refractivity contribution is 7.91. The molecule has 26 heavy (non-hydrogen) atoms. The minimum absolute atomic E-state index is 0.0168. The zero-order chi connectivity index (χ0) is 18.1. The first-order valence-electron chi connectivity index (χ1n) is 8.65. The number of amides is 1. The molecular weight excluding hydrogens is 350 g/mol. The molecule has 0 bridgehead atoms. The summed E-state index contributed by atoms with van der Waals surface area (Å²) in [5.41, 5.74) is 0.573. The summed E-state index contributed by atoms with van der Waals surface area (Å²) in [5.74, 6) is 0.469. The predicted octanol–water partition coefficient (Wildman–Crippen LogP) is 3.52. The van der Waals surface area contributed by atoms with Gasteiger partial charge in [-0.2, -0.15) is 5.10 Å². The zero-order valence-corrected chi connectivity index (χ0v) is 14.9. The van der Waals surface area contributed by atoms with Crippen molar-refractivity contribution < 1.29 is 13.2 Å². The number of nitrogens with zero attached hydrogens (tertiary/aromatic N) is 1. The molecule has 4 rings (SSSR count). The van der Waals surface area contributed by atoms with Gasteiger partial charge in [-0.05, 0) is 43.2 Å². The molecule has 0 atom stereocenters. The Bertz CT molecular complexity index is 1050. The van der Waals surface area contributed by atoms with Gasteiger partial charge in [0.25, 0.3) is 0 Å². The lowest BCUT2D eigenvalue weighted by molar-refractivity contribution is -0.119. The minimum atomic E-state index is -3.59. The molecule has 0 radical (unpaired) electrons. The molecule has 2 aromatic carbocycles. The summed E-state index contributed by atoms with van der Waals surface area (Å²) in [4.78, 5) is 12.7. The Hall–Kier alpha value is -2.67. The summed E-state index contributed by atoms with van der Waals surface area (Å²) in [6.45, 7) is 0. The van der Waals surface area contributed by atoms with Crippen molar-refractivity contribution in [1.82, 2.24) is 10.2 Å². The maximum atomic E-state index is 12.7. The van der Waals surface area contributed by atoms with Crippen LogP contribution in [-0.4, -0.2) is 24.5 Å². The summed E-state index contributed by atoms with van der Waals surface area (Å²) in [7, 11) is -3.59. The van der Waals surface area contributed by atoms with Gasteiger partial charge in [0.2, 0.25) is 15.7 Å². The zero-order valence-electron chi connectivity index (χ0n) is 14.1. The third kappa shape index (κ3) is 2.99. The summed E-state index contributed by atoms with van der Waals surface area (Å²) in [6.07, 6.45) is 3.99. The van der Waals surface area contributed by atoms with Crippen molar-refractivity contribution in [1.29, 1.82) is 0 Å². The van der Waals surface area contributed by atoms with Crippen LogP contribution >= 0.6 is 0 Å². The van der Waals surface area contributed by atoms with Crippen LogP contribution in [0, 0.1) is 5.92 Å². The van der Waals surface area contributed by atoms with Crippen LogP contribution in [0.2, 0.25) is 0 Å². The number of hydrogen-bond donors (Lipinski definition) is 2. The molecule has 134 valence electrons. The molecule has 0 unspecified atom stereocenters. The summed E-state index contributed by atoms with van der Waals surface area (Å²) in [6, 6.07) is 13.1. The average Bonchev–Trinajstić information content (AvgIpc) is 3.32. The van der Waals surface area contributed by atoms with E-state index in [0.717, 1.165) is 25.7 Å². The van der Waals surface area contributed by atoms with Gasteiger partial charge in [-0.1, -0.05) is 31.0 Å². The molecule has 7 heteroatoms. The number of rotatable bonds is 4. The largest absolute Gasteiger partial charge is 0.308 e. The van der Waals surface area contributed by atoms with Crippen molar-refractivity contribution in [2.24, 2.45) is 5.92 Å². The molecule has 3 aromatic rings. The van der Waals surface area contributed by atoms with E-state index in [1.165, 1.54) is 0 Å². The number of H-pyrrole nitrogens is 1. The lowest BCUT2D eigenvalue weighted by Gasteiger charge is -2.08. The molecule has 1 fully saturated rings. The Kier molecular flexibility index (Phi) is 4.24. The van der Waals surface area contributed by atoms with Crippen molar-refractivity contribution in [3.63, 3.8) is 0 Å². The van der Waals surface area contributed by atoms with Crippen LogP contribution in [0.5, 0.6) is 0 Å². The number of aromatic amines is 1. The molecular formula is C19H19N3O3S. The maximum absolute atomic E-state index is 12.7. The highest BCUT2D eigenvalue weighted by Crippen LogP contribution is 2.29. The van der Waals surface area contributed by atoms with Crippen LogP contribution in [0.4, 0.5) is 5.82 Å². The molecule has 1 amide bonds. The van der Waals surface area contributed by atoms with E-state index >= 15 is 0 Å². The van der Waals surface area contributed by atoms with Crippen molar-refractivity contribution in [3.05, 3.63) is 48.5 Å². The summed E-state index contributed by atoms with van der Waals surface area (Å²) < 4.78 is 25.5. The van der Waals surface area contributed by atoms with Gasteiger partial charge < -0.3 is 5.32 Å². The second kappa shape index (κ2) is 6.57. The fraction of sp³-hybridized carbons (Fsp3) is 0.263. The fourth-order valence-corrected chi connectivity index (χ4v) is 4.71. The molecule has 1 saturated carbocycles. The van der Waals surface area contributed by atoms with Crippen molar-refractivity contribution in [2.75, 3.05) is 5.32 Å². The number of fused-ring (bicyclic) bond motifs is 1. The van der Waals surface area contributed by atoms with Crippen LogP contribution in [0.3, 0.4) is 0 Å². The van der Waals surface area contributed by atoms with Gasteiger partial charge in [-0.3, -0.25) is 9.89 Å².